The second kappa shape index (κ2) is 6.42. The molecule has 0 aliphatic carbocycles. The van der Waals surface area contributed by atoms with Crippen LogP contribution in [0.4, 0.5) is 0 Å². The van der Waals surface area contributed by atoms with E-state index in [0.717, 1.165) is 23.5 Å². The van der Waals surface area contributed by atoms with E-state index in [-0.39, 0.29) is 0 Å². The van der Waals surface area contributed by atoms with Gasteiger partial charge in [-0.25, -0.2) is 8.42 Å². The molecule has 0 bridgehead atoms. The largest absolute Gasteiger partial charge is 0.243 e. The van der Waals surface area contributed by atoms with Crippen LogP contribution < -0.4 is 0 Å². The van der Waals surface area contributed by atoms with Gasteiger partial charge in [-0.3, -0.25) is 0 Å². The summed E-state index contributed by atoms with van der Waals surface area (Å²) in [5.74, 6) is 1.87. The molecule has 0 amide bonds. The van der Waals surface area contributed by atoms with Gasteiger partial charge in [0.1, 0.15) is 0 Å². The first-order valence-corrected chi connectivity index (χ1v) is 8.78. The van der Waals surface area contributed by atoms with Gasteiger partial charge >= 0.3 is 0 Å². The number of hydrogen-bond acceptors (Lipinski definition) is 4. The molecule has 4 nitrogen and oxygen atoms in total. The van der Waals surface area contributed by atoms with Gasteiger partial charge in [0.15, 0.2) is 0 Å². The number of thioether (sulfide) groups is 1. The molecule has 1 aliphatic heterocycles. The maximum absolute atomic E-state index is 12.5. The number of nitrogens with zero attached hydrogens (tertiary/aromatic N) is 2. The summed E-state index contributed by atoms with van der Waals surface area (Å²) in [5, 5.41) is 8.61. The van der Waals surface area contributed by atoms with Crippen molar-refractivity contribution in [2.75, 3.05) is 24.6 Å². The molecular formula is C13H16N2O2S2. The van der Waals surface area contributed by atoms with Crippen LogP contribution in [-0.4, -0.2) is 37.3 Å². The number of nitriles is 1. The molecule has 0 radical (unpaired) electrons. The molecule has 1 heterocycles. The average Bonchev–Trinajstić information content (AvgIpc) is 2.69. The maximum Gasteiger partial charge on any atom is 0.243 e. The Balaban J connectivity index is 2.20. The monoisotopic (exact) mass is 296 g/mol. The third-order valence-corrected chi connectivity index (χ3v) is 5.99. The minimum atomic E-state index is -3.38. The predicted molar refractivity (Wildman–Crippen MR) is 76.5 cm³/mol. The van der Waals surface area contributed by atoms with Crippen LogP contribution in [0.3, 0.4) is 0 Å². The van der Waals surface area contributed by atoms with E-state index in [1.54, 1.807) is 40.3 Å². The van der Waals surface area contributed by atoms with E-state index in [2.05, 4.69) is 6.07 Å². The van der Waals surface area contributed by atoms with Gasteiger partial charge in [-0.15, -0.1) is 0 Å². The van der Waals surface area contributed by atoms with E-state index in [4.69, 9.17) is 5.26 Å². The van der Waals surface area contributed by atoms with Crippen molar-refractivity contribution in [3.8, 4) is 6.07 Å². The molecule has 2 rings (SSSR count). The van der Waals surface area contributed by atoms with Gasteiger partial charge in [-0.05, 0) is 29.9 Å². The molecule has 1 aromatic carbocycles. The lowest BCUT2D eigenvalue weighted by Gasteiger charge is -2.19. The first-order valence-electron chi connectivity index (χ1n) is 6.18. The Hall–Kier alpha value is -1.03. The van der Waals surface area contributed by atoms with Crippen LogP contribution in [0, 0.1) is 11.3 Å². The highest BCUT2D eigenvalue weighted by molar-refractivity contribution is 7.99. The van der Waals surface area contributed by atoms with Crippen molar-refractivity contribution in [1.82, 2.24) is 4.31 Å². The second-order valence-electron chi connectivity index (χ2n) is 4.35. The van der Waals surface area contributed by atoms with Crippen LogP contribution in [0.1, 0.15) is 12.0 Å². The second-order valence-corrected chi connectivity index (χ2v) is 7.51. The Morgan fingerprint density at radius 2 is 1.95 bits per heavy atom. The maximum atomic E-state index is 12.5. The van der Waals surface area contributed by atoms with Gasteiger partial charge in [-0.1, -0.05) is 12.1 Å². The Morgan fingerprint density at radius 1 is 1.21 bits per heavy atom. The highest BCUT2D eigenvalue weighted by atomic mass is 32.2. The highest BCUT2D eigenvalue weighted by Gasteiger charge is 2.24. The first kappa shape index (κ1) is 14.4. The number of rotatable bonds is 3. The smallest absolute Gasteiger partial charge is 0.207 e. The first-order chi connectivity index (χ1) is 9.14. The van der Waals surface area contributed by atoms with E-state index in [9.17, 15) is 8.42 Å². The van der Waals surface area contributed by atoms with Crippen molar-refractivity contribution in [3.05, 3.63) is 29.8 Å². The third-order valence-electron chi connectivity index (χ3n) is 3.03. The third kappa shape index (κ3) is 3.50. The van der Waals surface area contributed by atoms with Crippen molar-refractivity contribution in [3.63, 3.8) is 0 Å². The molecule has 0 atom stereocenters. The van der Waals surface area contributed by atoms with Gasteiger partial charge < -0.3 is 0 Å². The lowest BCUT2D eigenvalue weighted by Crippen LogP contribution is -2.32. The Bertz CT molecular complexity index is 553. The summed E-state index contributed by atoms with van der Waals surface area (Å²) >= 11 is 1.80. The molecule has 1 saturated heterocycles. The van der Waals surface area contributed by atoms with Crippen molar-refractivity contribution >= 4 is 21.8 Å². The van der Waals surface area contributed by atoms with E-state index < -0.39 is 10.0 Å². The van der Waals surface area contributed by atoms with E-state index in [1.165, 1.54) is 0 Å². The van der Waals surface area contributed by atoms with Crippen LogP contribution in [-0.2, 0) is 16.4 Å². The van der Waals surface area contributed by atoms with Crippen LogP contribution in [0.2, 0.25) is 0 Å². The summed E-state index contributed by atoms with van der Waals surface area (Å²) in [6.07, 6.45) is 1.21. The molecule has 1 aliphatic rings. The molecule has 19 heavy (non-hydrogen) atoms. The van der Waals surface area contributed by atoms with Crippen molar-refractivity contribution in [1.29, 1.82) is 5.26 Å². The molecule has 1 aromatic rings. The fourth-order valence-electron chi connectivity index (χ4n) is 1.98. The minimum Gasteiger partial charge on any atom is -0.207 e. The SMILES string of the molecule is N#CCc1ccc(S(=O)(=O)N2CCCSCC2)cc1. The van der Waals surface area contributed by atoms with Crippen LogP contribution in [0.25, 0.3) is 0 Å². The molecule has 102 valence electrons. The van der Waals surface area contributed by atoms with Crippen molar-refractivity contribution in [2.24, 2.45) is 0 Å². The molecule has 0 aromatic heterocycles. The normalized spacial score (nSPS) is 17.6. The zero-order valence-corrected chi connectivity index (χ0v) is 12.2. The number of hydrogen-bond donors (Lipinski definition) is 0. The summed E-state index contributed by atoms with van der Waals surface area (Å²) in [5.41, 5.74) is 0.841. The van der Waals surface area contributed by atoms with E-state index >= 15 is 0 Å². The topological polar surface area (TPSA) is 61.2 Å². The number of benzene rings is 1. The standard InChI is InChI=1S/C13H16N2O2S2/c14-7-6-12-2-4-13(5-3-12)19(16,17)15-8-1-10-18-11-9-15/h2-5H,1,6,8-11H2. The van der Waals surface area contributed by atoms with Crippen LogP contribution in [0.15, 0.2) is 29.2 Å². The summed E-state index contributed by atoms with van der Waals surface area (Å²) in [7, 11) is -3.38. The zero-order valence-electron chi connectivity index (χ0n) is 10.6. The summed E-state index contributed by atoms with van der Waals surface area (Å²) < 4.78 is 26.5. The van der Waals surface area contributed by atoms with E-state index in [1.807, 2.05) is 0 Å². The fourth-order valence-corrected chi connectivity index (χ4v) is 4.46. The van der Waals surface area contributed by atoms with Crippen LogP contribution in [0.5, 0.6) is 0 Å². The molecule has 0 unspecified atom stereocenters. The Labute approximate surface area is 118 Å². The molecule has 1 fully saturated rings. The van der Waals surface area contributed by atoms with Crippen molar-refractivity contribution < 1.29 is 8.42 Å². The van der Waals surface area contributed by atoms with Gasteiger partial charge in [0.25, 0.3) is 0 Å². The molecular weight excluding hydrogens is 280 g/mol. The quantitative estimate of drug-likeness (QED) is 0.854. The lowest BCUT2D eigenvalue weighted by molar-refractivity contribution is 0.435. The summed E-state index contributed by atoms with van der Waals surface area (Å²) in [4.78, 5) is 0.320. The molecule has 0 saturated carbocycles. The zero-order chi connectivity index (χ0) is 13.7. The van der Waals surface area contributed by atoms with Gasteiger partial charge in [0.05, 0.1) is 17.4 Å². The Kier molecular flexibility index (Phi) is 4.86. The van der Waals surface area contributed by atoms with E-state index in [0.29, 0.717) is 24.4 Å². The molecule has 0 spiro atoms. The summed E-state index contributed by atoms with van der Waals surface area (Å²) in [6.45, 7) is 1.17. The van der Waals surface area contributed by atoms with Crippen molar-refractivity contribution in [2.45, 2.75) is 17.7 Å². The van der Waals surface area contributed by atoms with Gasteiger partial charge in [0.2, 0.25) is 10.0 Å². The number of sulfonamides is 1. The average molecular weight is 296 g/mol. The fraction of sp³-hybridized carbons (Fsp3) is 0.462. The van der Waals surface area contributed by atoms with Gasteiger partial charge in [-0.2, -0.15) is 21.3 Å². The van der Waals surface area contributed by atoms with Gasteiger partial charge in [0, 0.05) is 18.8 Å². The lowest BCUT2D eigenvalue weighted by atomic mass is 10.2. The molecule has 6 heteroatoms. The minimum absolute atomic E-state index is 0.306. The molecule has 0 N–H and O–H groups in total. The van der Waals surface area contributed by atoms with Crippen LogP contribution >= 0.6 is 11.8 Å². The Morgan fingerprint density at radius 3 is 2.63 bits per heavy atom. The summed E-state index contributed by atoms with van der Waals surface area (Å²) in [6, 6.07) is 8.67. The highest BCUT2D eigenvalue weighted by Crippen LogP contribution is 2.20. The predicted octanol–water partition coefficient (Wildman–Crippen LogP) is 1.88.